The third kappa shape index (κ3) is 17.5. The van der Waals surface area contributed by atoms with E-state index >= 15 is 0 Å². The Hall–Kier alpha value is -6.53. The van der Waals surface area contributed by atoms with Crippen LogP contribution in [0.1, 0.15) is 75.3 Å². The molecule has 0 atom stereocenters. The second kappa shape index (κ2) is 26.0. The number of sulfonamides is 2. The van der Waals surface area contributed by atoms with Crippen LogP contribution in [0.5, 0.6) is 0 Å². The summed E-state index contributed by atoms with van der Waals surface area (Å²) in [4.78, 5) is 43.8. The van der Waals surface area contributed by atoms with Gasteiger partial charge in [0.25, 0.3) is 5.89 Å². The molecule has 5 aromatic rings. The summed E-state index contributed by atoms with van der Waals surface area (Å²) in [5, 5.41) is 6.98. The zero-order valence-corrected chi connectivity index (χ0v) is 45.5. The maximum absolute atomic E-state index is 13.6. The molecule has 19 nitrogen and oxygen atoms in total. The molecule has 2 saturated heterocycles. The molecule has 0 radical (unpaired) electrons. The van der Waals surface area contributed by atoms with E-state index in [1.807, 2.05) is 58.6 Å². The number of carbonyl (C=O) groups excluding carboxylic acids is 3. The number of hydrogen-bond donors (Lipinski definition) is 1. The summed E-state index contributed by atoms with van der Waals surface area (Å²) in [7, 11) is -7.39. The molecule has 412 valence electrons. The number of benzene rings is 4. The Morgan fingerprint density at radius 1 is 0.605 bits per heavy atom. The lowest BCUT2D eigenvalue weighted by molar-refractivity contribution is 0.0140. The van der Waals surface area contributed by atoms with Crippen molar-refractivity contribution in [1.82, 2.24) is 29.8 Å². The number of alkyl halides is 2. The summed E-state index contributed by atoms with van der Waals surface area (Å²) < 4.78 is 98.3. The highest BCUT2D eigenvalue weighted by Gasteiger charge is 2.31. The zero-order chi connectivity index (χ0) is 55.3. The van der Waals surface area contributed by atoms with E-state index in [0.29, 0.717) is 93.5 Å². The monoisotopic (exact) mass is 1090 g/mol. The van der Waals surface area contributed by atoms with Crippen LogP contribution >= 0.6 is 0 Å². The van der Waals surface area contributed by atoms with Crippen LogP contribution in [0.4, 0.5) is 29.7 Å². The van der Waals surface area contributed by atoms with Crippen molar-refractivity contribution in [3.8, 4) is 11.5 Å². The molecule has 7 rings (SSSR count). The molecule has 3 heterocycles. The van der Waals surface area contributed by atoms with E-state index < -0.39 is 43.6 Å². The van der Waals surface area contributed by atoms with Crippen LogP contribution in [-0.2, 0) is 42.6 Å². The first-order chi connectivity index (χ1) is 35.9. The Balaban J connectivity index is 0.000000248. The number of hydrogen-bond acceptors (Lipinski definition) is 15. The first-order valence-electron chi connectivity index (χ1n) is 24.9. The van der Waals surface area contributed by atoms with Gasteiger partial charge < -0.3 is 29.4 Å². The standard InChI is InChI=1S/C27H33F2N5O5S.C26H36N4O5S/c1-27(2,3)39-26(35)33-15-13-32(14-16-33)17-18-40(36,37)34(22-7-5-4-6-8-22)19-20-9-11-21(12-10-20)24-30-31-25(38-24)23(28)29;1-26(2,3)35-25(32)29-15-13-28(14-16-29)17-18-36(33,34)30(23-7-5-4-6-8-23)20-21-9-11-22(12-10-21)24(31)19-27/h4-12,23H,13-19H2,1-3H3;4-12H,13-20,27H2,1-3H3. The van der Waals surface area contributed by atoms with E-state index in [-0.39, 0.29) is 55.0 Å². The summed E-state index contributed by atoms with van der Waals surface area (Å²) in [6.45, 7) is 15.9. The first-order valence-corrected chi connectivity index (χ1v) is 28.2. The molecule has 0 bridgehead atoms. The molecule has 2 N–H and O–H groups in total. The van der Waals surface area contributed by atoms with Crippen LogP contribution in [0.2, 0.25) is 0 Å². The zero-order valence-electron chi connectivity index (χ0n) is 43.9. The average Bonchev–Trinajstić information content (AvgIpc) is 3.90. The number of carbonyl (C=O) groups is 3. The van der Waals surface area contributed by atoms with Gasteiger partial charge in [-0.2, -0.15) is 8.78 Å². The number of amides is 2. The van der Waals surface area contributed by atoms with Crippen LogP contribution in [0, 0.1) is 0 Å². The number of ether oxygens (including phenoxy) is 2. The number of para-hydroxylation sites is 2. The van der Waals surface area contributed by atoms with Crippen LogP contribution in [0.15, 0.2) is 114 Å². The maximum Gasteiger partial charge on any atom is 0.410 e. The Morgan fingerprint density at radius 3 is 1.36 bits per heavy atom. The number of halogens is 2. The van der Waals surface area contributed by atoms with Gasteiger partial charge in [-0.25, -0.2) is 26.4 Å². The minimum absolute atomic E-state index is 0.0406. The van der Waals surface area contributed by atoms with E-state index in [1.165, 1.54) is 8.61 Å². The molecular formula is C53H69F2N9O10S2. The minimum Gasteiger partial charge on any atom is -0.444 e. The summed E-state index contributed by atoms with van der Waals surface area (Å²) in [5.41, 5.74) is 7.81. The van der Waals surface area contributed by atoms with Crippen molar-refractivity contribution in [3.05, 3.63) is 132 Å². The Kier molecular flexibility index (Phi) is 20.1. The summed E-state index contributed by atoms with van der Waals surface area (Å²) in [5.74, 6) is -1.13. The molecule has 76 heavy (non-hydrogen) atoms. The lowest BCUT2D eigenvalue weighted by Gasteiger charge is -2.36. The van der Waals surface area contributed by atoms with E-state index in [4.69, 9.17) is 19.6 Å². The van der Waals surface area contributed by atoms with Crippen molar-refractivity contribution in [1.29, 1.82) is 0 Å². The predicted octanol–water partition coefficient (Wildman–Crippen LogP) is 7.28. The fourth-order valence-corrected chi connectivity index (χ4v) is 11.0. The van der Waals surface area contributed by atoms with E-state index in [0.717, 1.165) is 5.56 Å². The summed E-state index contributed by atoms with van der Waals surface area (Å²) in [6.07, 6.45) is -3.57. The highest BCUT2D eigenvalue weighted by atomic mass is 32.2. The lowest BCUT2D eigenvalue weighted by atomic mass is 10.1. The number of nitrogens with two attached hydrogens (primary N) is 1. The van der Waals surface area contributed by atoms with Gasteiger partial charge in [-0.1, -0.05) is 72.8 Å². The molecule has 0 saturated carbocycles. The molecule has 23 heteroatoms. The van der Waals surface area contributed by atoms with Gasteiger partial charge in [0.2, 0.25) is 25.9 Å². The average molecular weight is 1090 g/mol. The van der Waals surface area contributed by atoms with Gasteiger partial charge >= 0.3 is 18.6 Å². The largest absolute Gasteiger partial charge is 0.444 e. The Morgan fingerprint density at radius 2 is 1.00 bits per heavy atom. The minimum atomic E-state index is -3.73. The van der Waals surface area contributed by atoms with Crippen molar-refractivity contribution in [2.45, 2.75) is 72.3 Å². The lowest BCUT2D eigenvalue weighted by Crippen LogP contribution is -2.51. The second-order valence-electron chi connectivity index (χ2n) is 20.2. The van der Waals surface area contributed by atoms with Gasteiger partial charge in [0.05, 0.1) is 42.5 Å². The topological polar surface area (TPSA) is 222 Å². The number of anilines is 2. The molecule has 2 fully saturated rings. The Bertz CT molecular complexity index is 2890. The number of piperazine rings is 2. The van der Waals surface area contributed by atoms with E-state index in [2.05, 4.69) is 15.1 Å². The molecular weight excluding hydrogens is 1020 g/mol. The third-order valence-electron chi connectivity index (χ3n) is 12.1. The van der Waals surface area contributed by atoms with Crippen LogP contribution in [0.3, 0.4) is 0 Å². The number of Topliss-reactive ketones (excluding diaryl/α,β-unsaturated/α-hetero) is 1. The first kappa shape index (κ1) is 58.7. The van der Waals surface area contributed by atoms with Crippen molar-refractivity contribution in [3.63, 3.8) is 0 Å². The van der Waals surface area contributed by atoms with Crippen molar-refractivity contribution < 1.29 is 53.9 Å². The highest BCUT2D eigenvalue weighted by molar-refractivity contribution is 7.93. The number of nitrogens with zero attached hydrogens (tertiary/aromatic N) is 8. The van der Waals surface area contributed by atoms with Gasteiger partial charge in [-0.3, -0.25) is 23.2 Å². The van der Waals surface area contributed by atoms with E-state index in [1.54, 1.807) is 107 Å². The maximum atomic E-state index is 13.6. The van der Waals surface area contributed by atoms with Crippen LogP contribution in [-0.4, -0.2) is 159 Å². The van der Waals surface area contributed by atoms with Gasteiger partial charge in [0.1, 0.15) is 11.2 Å². The molecule has 2 aliphatic heterocycles. The summed E-state index contributed by atoms with van der Waals surface area (Å²) >= 11 is 0. The van der Waals surface area contributed by atoms with Gasteiger partial charge in [0, 0.05) is 76.6 Å². The van der Waals surface area contributed by atoms with Crippen LogP contribution < -0.4 is 14.3 Å². The number of rotatable bonds is 18. The molecule has 2 aliphatic rings. The SMILES string of the molecule is CC(C)(C)OC(=O)N1CCN(CCS(=O)(=O)N(Cc2ccc(-c3nnc(C(F)F)o3)cc2)c2ccccc2)CC1.CC(C)(C)OC(=O)N1CCN(CCS(=O)(=O)N(Cc2ccc(C(=O)CN)cc2)c2ccccc2)CC1. The number of aromatic nitrogens is 2. The van der Waals surface area contributed by atoms with Crippen molar-refractivity contribution >= 4 is 49.4 Å². The Labute approximate surface area is 444 Å². The predicted molar refractivity (Wildman–Crippen MR) is 286 cm³/mol. The van der Waals surface area contributed by atoms with Crippen molar-refractivity contribution in [2.75, 3.05) is 92.1 Å². The molecule has 0 aliphatic carbocycles. The van der Waals surface area contributed by atoms with Gasteiger partial charge in [-0.15, -0.1) is 10.2 Å². The molecule has 0 unspecified atom stereocenters. The smallest absolute Gasteiger partial charge is 0.410 e. The summed E-state index contributed by atoms with van der Waals surface area (Å²) in [6, 6.07) is 31.3. The highest BCUT2D eigenvalue weighted by Crippen LogP contribution is 2.27. The molecule has 0 spiro atoms. The van der Waals surface area contributed by atoms with Gasteiger partial charge in [-0.05, 0) is 89.1 Å². The number of ketones is 1. The van der Waals surface area contributed by atoms with E-state index in [9.17, 15) is 40.0 Å². The quantitative estimate of drug-likeness (QED) is 0.0852. The fraction of sp³-hybridized carbons (Fsp3) is 0.453. The normalized spacial score (nSPS) is 14.9. The van der Waals surface area contributed by atoms with Crippen molar-refractivity contribution in [2.24, 2.45) is 5.73 Å². The fourth-order valence-electron chi connectivity index (χ4n) is 8.00. The third-order valence-corrected chi connectivity index (χ3v) is 15.5. The van der Waals surface area contributed by atoms with Crippen LogP contribution in [0.25, 0.3) is 11.5 Å². The molecule has 2 amide bonds. The van der Waals surface area contributed by atoms with Gasteiger partial charge in [0.15, 0.2) is 5.78 Å². The molecule has 1 aromatic heterocycles. The molecule has 4 aromatic carbocycles. The second-order valence-corrected chi connectivity index (χ2v) is 24.2.